The number of pyridine rings is 2. The first kappa shape index (κ1) is 23.9. The van der Waals surface area contributed by atoms with Crippen molar-refractivity contribution in [1.29, 1.82) is 0 Å². The van der Waals surface area contributed by atoms with Gasteiger partial charge in [-0.2, -0.15) is 0 Å². The summed E-state index contributed by atoms with van der Waals surface area (Å²) in [6.45, 7) is 2.67. The maximum atomic E-state index is 13.8. The van der Waals surface area contributed by atoms with Crippen molar-refractivity contribution in [3.63, 3.8) is 0 Å². The molecule has 10 heteroatoms. The van der Waals surface area contributed by atoms with Gasteiger partial charge in [0.25, 0.3) is 5.92 Å². The van der Waals surface area contributed by atoms with E-state index < -0.39 is 17.8 Å². The molecule has 1 saturated heterocycles. The first-order valence-corrected chi connectivity index (χ1v) is 11.9. The Balaban J connectivity index is 1.49. The van der Waals surface area contributed by atoms with Crippen molar-refractivity contribution in [3.8, 4) is 11.3 Å². The number of amides is 2. The van der Waals surface area contributed by atoms with Crippen molar-refractivity contribution < 1.29 is 18.0 Å². The number of alkyl halides is 2. The second-order valence-corrected chi connectivity index (χ2v) is 9.34. The van der Waals surface area contributed by atoms with Crippen molar-refractivity contribution >= 4 is 29.0 Å². The molecule has 4 heterocycles. The summed E-state index contributed by atoms with van der Waals surface area (Å²) < 4.78 is 40.8. The molecule has 0 aliphatic carbocycles. The minimum absolute atomic E-state index is 0.161. The van der Waals surface area contributed by atoms with Crippen LogP contribution in [0.15, 0.2) is 54.7 Å². The topological polar surface area (TPSA) is 64.6 Å². The Morgan fingerprint density at radius 3 is 2.69 bits per heavy atom. The minimum Gasteiger partial charge on any atom is -0.372 e. The molecule has 0 radical (unpaired) electrons. The molecular weight excluding hydrogens is 469 g/mol. The van der Waals surface area contributed by atoms with Crippen LogP contribution >= 0.6 is 0 Å². The molecule has 3 aromatic rings. The second-order valence-electron chi connectivity index (χ2n) is 9.34. The number of anilines is 4. The van der Waals surface area contributed by atoms with E-state index in [1.807, 2.05) is 50.4 Å². The zero-order valence-corrected chi connectivity index (χ0v) is 20.1. The molecule has 1 fully saturated rings. The normalized spacial score (nSPS) is 19.1. The maximum Gasteiger partial charge on any atom is 0.328 e. The van der Waals surface area contributed by atoms with Crippen molar-refractivity contribution in [3.05, 3.63) is 60.5 Å². The number of hydrogen-bond donors (Lipinski definition) is 1. The van der Waals surface area contributed by atoms with Gasteiger partial charge in [0, 0.05) is 43.9 Å². The van der Waals surface area contributed by atoms with Gasteiger partial charge in [-0.05, 0) is 49.7 Å². The van der Waals surface area contributed by atoms with Crippen LogP contribution in [0.25, 0.3) is 11.3 Å². The molecule has 1 N–H and O–H groups in total. The molecule has 0 saturated carbocycles. The summed E-state index contributed by atoms with van der Waals surface area (Å²) in [6, 6.07) is 13.2. The summed E-state index contributed by atoms with van der Waals surface area (Å²) in [5, 5.41) is 2.74. The van der Waals surface area contributed by atoms with E-state index in [1.54, 1.807) is 9.80 Å². The van der Waals surface area contributed by atoms with E-state index in [2.05, 4.69) is 15.2 Å². The van der Waals surface area contributed by atoms with E-state index in [-0.39, 0.29) is 24.8 Å². The van der Waals surface area contributed by atoms with E-state index >= 15 is 0 Å². The number of carbonyl (C=O) groups excluding carboxylic acids is 1. The van der Waals surface area contributed by atoms with Gasteiger partial charge in [0.1, 0.15) is 11.6 Å². The van der Waals surface area contributed by atoms with Gasteiger partial charge in [0.15, 0.2) is 5.82 Å². The average Bonchev–Trinajstić information content (AvgIpc) is 3.17. The zero-order valence-electron chi connectivity index (χ0n) is 20.1. The molecular formula is C26H27F3N6O. The highest BCUT2D eigenvalue weighted by atomic mass is 19.3. The van der Waals surface area contributed by atoms with Crippen LogP contribution in [0.4, 0.5) is 41.0 Å². The highest BCUT2D eigenvalue weighted by Gasteiger charge is 2.38. The molecule has 5 rings (SSSR count). The lowest BCUT2D eigenvalue weighted by Crippen LogP contribution is -2.42. The van der Waals surface area contributed by atoms with Gasteiger partial charge in [-0.25, -0.2) is 27.9 Å². The van der Waals surface area contributed by atoms with Crippen LogP contribution in [-0.4, -0.2) is 54.6 Å². The molecule has 0 bridgehead atoms. The van der Waals surface area contributed by atoms with Gasteiger partial charge in [-0.3, -0.25) is 10.2 Å². The van der Waals surface area contributed by atoms with Gasteiger partial charge in [-0.15, -0.1) is 0 Å². The van der Waals surface area contributed by atoms with Gasteiger partial charge in [0.2, 0.25) is 0 Å². The Kier molecular flexibility index (Phi) is 6.19. The molecule has 2 amide bonds. The highest BCUT2D eigenvalue weighted by molar-refractivity contribution is 6.03. The molecule has 188 valence electrons. The van der Waals surface area contributed by atoms with Crippen LogP contribution in [0, 0.1) is 5.82 Å². The molecule has 0 spiro atoms. The van der Waals surface area contributed by atoms with Crippen molar-refractivity contribution in [2.24, 2.45) is 0 Å². The van der Waals surface area contributed by atoms with Crippen molar-refractivity contribution in [2.45, 2.75) is 31.7 Å². The molecule has 2 aliphatic heterocycles. The number of nitrogens with zero attached hydrogens (tertiary/aromatic N) is 5. The molecule has 2 aliphatic rings. The summed E-state index contributed by atoms with van der Waals surface area (Å²) in [7, 11) is 1.95. The minimum atomic E-state index is -2.69. The Bertz CT molecular complexity index is 1270. The fourth-order valence-electron chi connectivity index (χ4n) is 4.65. The average molecular weight is 497 g/mol. The van der Waals surface area contributed by atoms with Crippen LogP contribution in [0.1, 0.15) is 19.8 Å². The largest absolute Gasteiger partial charge is 0.372 e. The molecule has 0 unspecified atom stereocenters. The number of rotatable bonds is 3. The Morgan fingerprint density at radius 2 is 1.97 bits per heavy atom. The predicted octanol–water partition coefficient (Wildman–Crippen LogP) is 5.40. The van der Waals surface area contributed by atoms with E-state index in [9.17, 15) is 18.0 Å². The number of benzene rings is 1. The zero-order chi connectivity index (χ0) is 25.4. The number of carbonyl (C=O) groups is 1. The van der Waals surface area contributed by atoms with E-state index in [4.69, 9.17) is 4.98 Å². The smallest absolute Gasteiger partial charge is 0.328 e. The predicted molar refractivity (Wildman–Crippen MR) is 134 cm³/mol. The third kappa shape index (κ3) is 4.80. The SMILES string of the molecule is C[C@@H]1CCN(C)c2ccc(-c3cccc(N4CCC(F)(F)C4)c3)nc2N1C(=O)Nc1ccc(F)cn1. The third-order valence-corrected chi connectivity index (χ3v) is 6.67. The Morgan fingerprint density at radius 1 is 1.14 bits per heavy atom. The number of aromatic nitrogens is 2. The molecule has 36 heavy (non-hydrogen) atoms. The molecule has 2 aromatic heterocycles. The van der Waals surface area contributed by atoms with E-state index in [0.717, 1.165) is 24.0 Å². The van der Waals surface area contributed by atoms with E-state index in [1.165, 1.54) is 12.1 Å². The maximum absolute atomic E-state index is 13.8. The fraction of sp³-hybridized carbons (Fsp3) is 0.346. The molecule has 1 atom stereocenters. The summed E-state index contributed by atoms with van der Waals surface area (Å²) >= 11 is 0. The third-order valence-electron chi connectivity index (χ3n) is 6.67. The lowest BCUT2D eigenvalue weighted by Gasteiger charge is -2.28. The first-order valence-electron chi connectivity index (χ1n) is 11.9. The summed E-state index contributed by atoms with van der Waals surface area (Å²) in [4.78, 5) is 27.5. The lowest BCUT2D eigenvalue weighted by molar-refractivity contribution is 0.0257. The number of hydrogen-bond acceptors (Lipinski definition) is 5. The monoisotopic (exact) mass is 496 g/mol. The van der Waals surface area contributed by atoms with E-state index in [0.29, 0.717) is 30.2 Å². The van der Waals surface area contributed by atoms with Gasteiger partial charge in [0.05, 0.1) is 24.1 Å². The number of halogens is 3. The Hall–Kier alpha value is -3.82. The summed E-state index contributed by atoms with van der Waals surface area (Å²) in [5.41, 5.74) is 2.90. The van der Waals surface area contributed by atoms with Gasteiger partial charge >= 0.3 is 6.03 Å². The van der Waals surface area contributed by atoms with Gasteiger partial charge in [-0.1, -0.05) is 12.1 Å². The number of nitrogens with one attached hydrogen (secondary N) is 1. The standard InChI is InChI=1S/C26H27F3N6O/c1-17-10-12-33(2)22-8-7-21(18-4-3-5-20(14-18)34-13-11-26(28,29)16-34)31-24(22)35(17)25(36)32-23-9-6-19(27)15-30-23/h3-9,14-15,17H,10-13,16H2,1-2H3,(H,30,32,36)/t17-/m1/s1. The lowest BCUT2D eigenvalue weighted by atomic mass is 10.1. The highest BCUT2D eigenvalue weighted by Crippen LogP contribution is 2.37. The van der Waals surface area contributed by atoms with Crippen LogP contribution in [0.5, 0.6) is 0 Å². The second kappa shape index (κ2) is 9.33. The van der Waals surface area contributed by atoms with Crippen LogP contribution in [-0.2, 0) is 0 Å². The summed E-state index contributed by atoms with van der Waals surface area (Å²) in [5.74, 6) is -2.46. The number of fused-ring (bicyclic) bond motifs is 1. The fourth-order valence-corrected chi connectivity index (χ4v) is 4.65. The van der Waals surface area contributed by atoms with Crippen LogP contribution in [0.3, 0.4) is 0 Å². The van der Waals surface area contributed by atoms with Crippen LogP contribution < -0.4 is 20.0 Å². The molecule has 7 nitrogen and oxygen atoms in total. The number of urea groups is 1. The quantitative estimate of drug-likeness (QED) is 0.527. The van der Waals surface area contributed by atoms with Crippen molar-refractivity contribution in [2.75, 3.05) is 46.7 Å². The van der Waals surface area contributed by atoms with Crippen LogP contribution in [0.2, 0.25) is 0 Å². The summed E-state index contributed by atoms with van der Waals surface area (Å²) in [6.07, 6.45) is 1.60. The molecule has 1 aromatic carbocycles. The van der Waals surface area contributed by atoms with Gasteiger partial charge < -0.3 is 9.80 Å². The van der Waals surface area contributed by atoms with Crippen molar-refractivity contribution in [1.82, 2.24) is 9.97 Å². The first-order chi connectivity index (χ1) is 17.2. The Labute approximate surface area is 207 Å².